The highest BCUT2D eigenvalue weighted by molar-refractivity contribution is 6.04. The number of hydrogen-bond acceptors (Lipinski definition) is 3. The summed E-state index contributed by atoms with van der Waals surface area (Å²) in [5.74, 6) is -0.193. The molecule has 1 amide bonds. The van der Waals surface area contributed by atoms with Crippen LogP contribution in [-0.2, 0) is 4.74 Å². The number of ether oxygens (including phenoxy) is 1. The normalized spacial score (nSPS) is 11.6. The number of methoxy groups -OCH3 is 1. The quantitative estimate of drug-likeness (QED) is 0.461. The van der Waals surface area contributed by atoms with Crippen LogP contribution in [0.4, 0.5) is 0 Å². The van der Waals surface area contributed by atoms with Gasteiger partial charge in [-0.25, -0.2) is 4.99 Å². The molecule has 0 aromatic heterocycles. The molecule has 110 valence electrons. The molecule has 0 saturated carbocycles. The summed E-state index contributed by atoms with van der Waals surface area (Å²) in [5, 5.41) is 2.69. The molecule has 1 aromatic rings. The molecule has 0 bridgehead atoms. The molecule has 0 unspecified atom stereocenters. The SMILES string of the molecule is COC(=NCCC[NH+](C)C)NC(=O)c1ccccc1C. The molecule has 0 aliphatic heterocycles. The highest BCUT2D eigenvalue weighted by Gasteiger charge is 2.10. The Kier molecular flexibility index (Phi) is 6.73. The van der Waals surface area contributed by atoms with Crippen LogP contribution >= 0.6 is 0 Å². The number of nitrogens with one attached hydrogen (secondary N) is 2. The van der Waals surface area contributed by atoms with Crippen molar-refractivity contribution in [1.82, 2.24) is 5.32 Å². The number of aliphatic imine (C=N–C) groups is 1. The molecular formula is C15H24N3O2+. The van der Waals surface area contributed by atoms with E-state index in [1.807, 2.05) is 25.1 Å². The summed E-state index contributed by atoms with van der Waals surface area (Å²) in [7, 11) is 5.70. The lowest BCUT2D eigenvalue weighted by Crippen LogP contribution is -3.05. The zero-order valence-corrected chi connectivity index (χ0v) is 12.7. The van der Waals surface area contributed by atoms with Crippen LogP contribution in [0.25, 0.3) is 0 Å². The summed E-state index contributed by atoms with van der Waals surface area (Å²) in [6.07, 6.45) is 0.954. The van der Waals surface area contributed by atoms with Crippen molar-refractivity contribution < 1.29 is 14.4 Å². The van der Waals surface area contributed by atoms with E-state index >= 15 is 0 Å². The van der Waals surface area contributed by atoms with E-state index < -0.39 is 0 Å². The molecule has 1 rings (SSSR count). The maximum Gasteiger partial charge on any atom is 0.291 e. The van der Waals surface area contributed by atoms with Gasteiger partial charge in [-0.15, -0.1) is 0 Å². The smallest absolute Gasteiger partial charge is 0.291 e. The number of amides is 1. The second kappa shape index (κ2) is 8.32. The number of quaternary nitrogens is 1. The number of rotatable bonds is 5. The molecule has 0 saturated heterocycles. The van der Waals surface area contributed by atoms with Crippen LogP contribution in [0.2, 0.25) is 0 Å². The monoisotopic (exact) mass is 278 g/mol. The molecule has 1 aromatic carbocycles. The maximum absolute atomic E-state index is 12.1. The lowest BCUT2D eigenvalue weighted by Gasteiger charge is -2.09. The highest BCUT2D eigenvalue weighted by Crippen LogP contribution is 2.06. The van der Waals surface area contributed by atoms with Gasteiger partial charge >= 0.3 is 0 Å². The molecule has 0 fully saturated rings. The molecule has 0 radical (unpaired) electrons. The number of amidine groups is 1. The molecule has 0 spiro atoms. The summed E-state index contributed by atoms with van der Waals surface area (Å²) >= 11 is 0. The molecule has 0 heterocycles. The Labute approximate surface area is 120 Å². The Morgan fingerprint density at radius 3 is 2.65 bits per heavy atom. The summed E-state index contributed by atoms with van der Waals surface area (Å²) in [6, 6.07) is 7.70. The van der Waals surface area contributed by atoms with Gasteiger partial charge in [0.2, 0.25) is 0 Å². The number of carbonyl (C=O) groups excluding carboxylic acids is 1. The van der Waals surface area contributed by atoms with Crippen molar-refractivity contribution in [2.24, 2.45) is 4.99 Å². The molecule has 0 atom stereocenters. The van der Waals surface area contributed by atoms with E-state index in [0.717, 1.165) is 18.5 Å². The van der Waals surface area contributed by atoms with Gasteiger partial charge in [-0.1, -0.05) is 18.2 Å². The molecule has 5 nitrogen and oxygen atoms in total. The number of hydrogen-bond donors (Lipinski definition) is 2. The fraction of sp³-hybridized carbons (Fsp3) is 0.467. The number of carbonyl (C=O) groups is 1. The van der Waals surface area contributed by atoms with E-state index in [1.54, 1.807) is 6.07 Å². The van der Waals surface area contributed by atoms with E-state index in [1.165, 1.54) is 12.0 Å². The van der Waals surface area contributed by atoms with E-state index in [9.17, 15) is 4.79 Å². The topological polar surface area (TPSA) is 55.1 Å². The van der Waals surface area contributed by atoms with Gasteiger partial charge < -0.3 is 9.64 Å². The van der Waals surface area contributed by atoms with Gasteiger partial charge in [0.15, 0.2) is 0 Å². The van der Waals surface area contributed by atoms with Crippen LogP contribution in [-0.4, -0.2) is 46.2 Å². The minimum atomic E-state index is -0.193. The molecule has 2 N–H and O–H groups in total. The second-order valence-electron chi connectivity index (χ2n) is 4.97. The Morgan fingerprint density at radius 2 is 2.05 bits per heavy atom. The van der Waals surface area contributed by atoms with Crippen LogP contribution in [0.15, 0.2) is 29.3 Å². The standard InChI is InChI=1S/C15H23N3O2/c1-12-8-5-6-9-13(12)14(19)17-15(20-4)16-10-7-11-18(2)3/h5-6,8-9H,7,10-11H2,1-4H3,(H,16,17,19)/p+1. The van der Waals surface area contributed by atoms with Crippen LogP contribution in [0.1, 0.15) is 22.3 Å². The van der Waals surface area contributed by atoms with Gasteiger partial charge in [0.1, 0.15) is 0 Å². The third-order valence-corrected chi connectivity index (χ3v) is 2.89. The number of benzene rings is 1. The van der Waals surface area contributed by atoms with E-state index in [-0.39, 0.29) is 11.9 Å². The molecule has 5 heteroatoms. The van der Waals surface area contributed by atoms with Crippen molar-refractivity contribution in [2.45, 2.75) is 13.3 Å². The predicted molar refractivity (Wildman–Crippen MR) is 80.3 cm³/mol. The van der Waals surface area contributed by atoms with Gasteiger partial charge in [-0.3, -0.25) is 10.1 Å². The largest absolute Gasteiger partial charge is 0.468 e. The Hall–Kier alpha value is -1.88. The first-order chi connectivity index (χ1) is 9.54. The fourth-order valence-corrected chi connectivity index (χ4v) is 1.76. The highest BCUT2D eigenvalue weighted by atomic mass is 16.5. The van der Waals surface area contributed by atoms with Crippen molar-refractivity contribution in [3.63, 3.8) is 0 Å². The minimum Gasteiger partial charge on any atom is -0.468 e. The summed E-state index contributed by atoms with van der Waals surface area (Å²) in [4.78, 5) is 17.7. The van der Waals surface area contributed by atoms with E-state index in [2.05, 4.69) is 24.4 Å². The zero-order valence-electron chi connectivity index (χ0n) is 12.7. The summed E-state index contributed by atoms with van der Waals surface area (Å²) < 4.78 is 5.10. The van der Waals surface area contributed by atoms with Crippen LogP contribution in [0.5, 0.6) is 0 Å². The first-order valence-corrected chi connectivity index (χ1v) is 6.79. The van der Waals surface area contributed by atoms with Gasteiger partial charge in [-0.2, -0.15) is 0 Å². The van der Waals surface area contributed by atoms with Gasteiger partial charge in [0.25, 0.3) is 11.9 Å². The van der Waals surface area contributed by atoms with Gasteiger partial charge in [0, 0.05) is 18.5 Å². The lowest BCUT2D eigenvalue weighted by molar-refractivity contribution is -0.858. The zero-order chi connectivity index (χ0) is 15.0. The number of aryl methyl sites for hydroxylation is 1. The Balaban J connectivity index is 2.57. The predicted octanol–water partition coefficient (Wildman–Crippen LogP) is 0.262. The molecule has 20 heavy (non-hydrogen) atoms. The maximum atomic E-state index is 12.1. The van der Waals surface area contributed by atoms with E-state index in [4.69, 9.17) is 4.74 Å². The van der Waals surface area contributed by atoms with Gasteiger partial charge in [-0.05, 0) is 18.6 Å². The second-order valence-corrected chi connectivity index (χ2v) is 4.97. The Bertz CT molecular complexity index is 470. The Morgan fingerprint density at radius 1 is 1.35 bits per heavy atom. The van der Waals surface area contributed by atoms with Crippen molar-refractivity contribution in [1.29, 1.82) is 0 Å². The number of nitrogens with zero attached hydrogens (tertiary/aromatic N) is 1. The van der Waals surface area contributed by atoms with Gasteiger partial charge in [0.05, 0.1) is 27.7 Å². The first kappa shape index (κ1) is 16.2. The van der Waals surface area contributed by atoms with E-state index in [0.29, 0.717) is 12.1 Å². The van der Waals surface area contributed by atoms with Crippen LogP contribution in [0, 0.1) is 6.92 Å². The molecule has 0 aliphatic carbocycles. The van der Waals surface area contributed by atoms with Crippen LogP contribution in [0.3, 0.4) is 0 Å². The minimum absolute atomic E-state index is 0.193. The molecule has 0 aliphatic rings. The third-order valence-electron chi connectivity index (χ3n) is 2.89. The first-order valence-electron chi connectivity index (χ1n) is 6.79. The van der Waals surface area contributed by atoms with Crippen molar-refractivity contribution in [2.75, 3.05) is 34.3 Å². The summed E-state index contributed by atoms with van der Waals surface area (Å²) in [5.41, 5.74) is 1.56. The van der Waals surface area contributed by atoms with Crippen molar-refractivity contribution >= 4 is 11.9 Å². The lowest BCUT2D eigenvalue weighted by atomic mass is 10.1. The van der Waals surface area contributed by atoms with Crippen molar-refractivity contribution in [3.8, 4) is 0 Å². The molecular weight excluding hydrogens is 254 g/mol. The third kappa shape index (κ3) is 5.40. The fourth-order valence-electron chi connectivity index (χ4n) is 1.76. The van der Waals surface area contributed by atoms with Crippen molar-refractivity contribution in [3.05, 3.63) is 35.4 Å². The summed E-state index contributed by atoms with van der Waals surface area (Å²) in [6.45, 7) is 3.58. The average molecular weight is 278 g/mol. The average Bonchev–Trinajstić information content (AvgIpc) is 2.42. The van der Waals surface area contributed by atoms with Crippen LogP contribution < -0.4 is 10.2 Å².